The number of hydrogen-bond donors (Lipinski definition) is 1. The summed E-state index contributed by atoms with van der Waals surface area (Å²) in [7, 11) is 1.65. The van der Waals surface area contributed by atoms with Crippen molar-refractivity contribution in [2.75, 3.05) is 7.11 Å². The van der Waals surface area contributed by atoms with Gasteiger partial charge in [0.25, 0.3) is 0 Å². The van der Waals surface area contributed by atoms with E-state index < -0.39 is 0 Å². The van der Waals surface area contributed by atoms with E-state index >= 15 is 0 Å². The lowest BCUT2D eigenvalue weighted by Gasteiger charge is -2.10. The maximum absolute atomic E-state index is 9.62. The van der Waals surface area contributed by atoms with Gasteiger partial charge in [-0.15, -0.1) is 0 Å². The van der Waals surface area contributed by atoms with Gasteiger partial charge in [0.1, 0.15) is 10.8 Å². The molecule has 0 atom stereocenters. The molecule has 3 nitrogen and oxygen atoms in total. The van der Waals surface area contributed by atoms with Crippen LogP contribution in [0.25, 0.3) is 10.6 Å². The van der Waals surface area contributed by atoms with Gasteiger partial charge in [0.2, 0.25) is 0 Å². The molecular weight excluding hydrogens is 234 g/mol. The highest BCUT2D eigenvalue weighted by atomic mass is 32.1. The van der Waals surface area contributed by atoms with E-state index in [0.29, 0.717) is 5.69 Å². The first kappa shape index (κ1) is 11.9. The lowest BCUT2D eigenvalue weighted by Crippen LogP contribution is -1.92. The Bertz CT molecular complexity index is 541. The van der Waals surface area contributed by atoms with Crippen LogP contribution in [0.2, 0.25) is 0 Å². The monoisotopic (exact) mass is 249 g/mol. The Morgan fingerprint density at radius 2 is 1.94 bits per heavy atom. The third-order valence-electron chi connectivity index (χ3n) is 2.63. The summed E-state index contributed by atoms with van der Waals surface area (Å²) < 4.78 is 5.42. The van der Waals surface area contributed by atoms with Crippen LogP contribution in [0.1, 0.15) is 16.8 Å². The van der Waals surface area contributed by atoms with Crippen molar-refractivity contribution >= 4 is 11.3 Å². The molecule has 2 rings (SSSR count). The first-order valence-corrected chi connectivity index (χ1v) is 6.16. The lowest BCUT2D eigenvalue weighted by atomic mass is 10.1. The summed E-state index contributed by atoms with van der Waals surface area (Å²) >= 11 is 1.28. The molecule has 0 radical (unpaired) electrons. The van der Waals surface area contributed by atoms with Crippen molar-refractivity contribution in [1.82, 2.24) is 4.98 Å². The van der Waals surface area contributed by atoms with Gasteiger partial charge in [-0.3, -0.25) is 0 Å². The average molecular weight is 249 g/mol. The Hall–Kier alpha value is -1.55. The first-order valence-electron chi connectivity index (χ1n) is 5.35. The molecule has 0 saturated heterocycles. The molecule has 1 aromatic carbocycles. The topological polar surface area (TPSA) is 42.4 Å². The van der Waals surface area contributed by atoms with Gasteiger partial charge < -0.3 is 9.84 Å². The van der Waals surface area contributed by atoms with E-state index in [9.17, 15) is 5.11 Å². The van der Waals surface area contributed by atoms with E-state index in [0.717, 1.165) is 27.4 Å². The molecule has 0 aliphatic carbocycles. The molecule has 1 heterocycles. The second kappa shape index (κ2) is 4.37. The highest BCUT2D eigenvalue weighted by molar-refractivity contribution is 7.16. The molecule has 4 heteroatoms. The van der Waals surface area contributed by atoms with Gasteiger partial charge in [-0.05, 0) is 38.0 Å². The standard InChI is InChI=1S/C13H15NO2S/c1-7-5-8(2)11(16-4)10(6-7)12-14-9(3)13(15)17-12/h5-6,15H,1-4H3. The Balaban J connectivity index is 2.65. The summed E-state index contributed by atoms with van der Waals surface area (Å²) in [5.41, 5.74) is 3.84. The number of hydrogen-bond acceptors (Lipinski definition) is 4. The van der Waals surface area contributed by atoms with Gasteiger partial charge in [0.15, 0.2) is 5.06 Å². The normalized spacial score (nSPS) is 10.6. The first-order chi connectivity index (χ1) is 8.02. The fraction of sp³-hybridized carbons (Fsp3) is 0.308. The van der Waals surface area contributed by atoms with E-state index in [2.05, 4.69) is 11.1 Å². The highest BCUT2D eigenvalue weighted by Gasteiger charge is 2.15. The Morgan fingerprint density at radius 3 is 2.47 bits per heavy atom. The molecule has 0 aliphatic rings. The molecule has 17 heavy (non-hydrogen) atoms. The summed E-state index contributed by atoms with van der Waals surface area (Å²) in [6.07, 6.45) is 0. The number of benzene rings is 1. The number of methoxy groups -OCH3 is 1. The molecule has 0 spiro atoms. The Labute approximate surface area is 105 Å². The van der Waals surface area contributed by atoms with E-state index in [1.807, 2.05) is 19.9 Å². The Morgan fingerprint density at radius 1 is 1.24 bits per heavy atom. The van der Waals surface area contributed by atoms with Crippen LogP contribution in [0, 0.1) is 20.8 Å². The fourth-order valence-corrected chi connectivity index (χ4v) is 2.71. The third kappa shape index (κ3) is 2.13. The quantitative estimate of drug-likeness (QED) is 0.886. The number of aromatic nitrogens is 1. The zero-order valence-corrected chi connectivity index (χ0v) is 11.2. The summed E-state index contributed by atoms with van der Waals surface area (Å²) in [6, 6.07) is 4.10. The number of nitrogens with zero attached hydrogens (tertiary/aromatic N) is 1. The fourth-order valence-electron chi connectivity index (χ4n) is 1.89. The molecule has 1 N–H and O–H groups in total. The van der Waals surface area contributed by atoms with Gasteiger partial charge in [0.05, 0.1) is 18.4 Å². The van der Waals surface area contributed by atoms with E-state index in [1.165, 1.54) is 11.3 Å². The highest BCUT2D eigenvalue weighted by Crippen LogP contribution is 2.39. The average Bonchev–Trinajstić information content (AvgIpc) is 2.58. The maximum Gasteiger partial charge on any atom is 0.195 e. The Kier molecular flexibility index (Phi) is 3.07. The van der Waals surface area contributed by atoms with Crippen LogP contribution in [-0.2, 0) is 0 Å². The molecule has 90 valence electrons. The molecule has 0 aliphatic heterocycles. The number of aryl methyl sites for hydroxylation is 3. The number of ether oxygens (including phenoxy) is 1. The zero-order chi connectivity index (χ0) is 12.6. The number of rotatable bonds is 2. The van der Waals surface area contributed by atoms with Crippen molar-refractivity contribution in [2.45, 2.75) is 20.8 Å². The molecule has 0 fully saturated rings. The van der Waals surface area contributed by atoms with Crippen LogP contribution >= 0.6 is 11.3 Å². The second-order valence-corrected chi connectivity index (χ2v) is 5.05. The lowest BCUT2D eigenvalue weighted by molar-refractivity contribution is 0.413. The second-order valence-electron chi connectivity index (χ2n) is 4.07. The minimum atomic E-state index is 0.265. The van der Waals surface area contributed by atoms with Crippen LogP contribution in [0.3, 0.4) is 0 Å². The molecule has 1 aromatic heterocycles. The van der Waals surface area contributed by atoms with Gasteiger partial charge in [-0.2, -0.15) is 0 Å². The maximum atomic E-state index is 9.62. The van der Waals surface area contributed by atoms with Crippen LogP contribution in [0.5, 0.6) is 10.8 Å². The predicted octanol–water partition coefficient (Wildman–Crippen LogP) is 3.45. The summed E-state index contributed by atoms with van der Waals surface area (Å²) in [5, 5.41) is 10.7. The van der Waals surface area contributed by atoms with Crippen LogP contribution in [0.15, 0.2) is 12.1 Å². The minimum Gasteiger partial charge on any atom is -0.498 e. The van der Waals surface area contributed by atoms with Crippen molar-refractivity contribution in [2.24, 2.45) is 0 Å². The van der Waals surface area contributed by atoms with Crippen molar-refractivity contribution in [1.29, 1.82) is 0 Å². The van der Waals surface area contributed by atoms with Crippen LogP contribution in [0.4, 0.5) is 0 Å². The predicted molar refractivity (Wildman–Crippen MR) is 70.0 cm³/mol. The summed E-state index contributed by atoms with van der Waals surface area (Å²) in [5.74, 6) is 0.823. The number of aromatic hydroxyl groups is 1. The SMILES string of the molecule is COc1c(C)cc(C)cc1-c1nc(C)c(O)s1. The van der Waals surface area contributed by atoms with Crippen LogP contribution in [-0.4, -0.2) is 17.2 Å². The zero-order valence-electron chi connectivity index (χ0n) is 10.4. The number of thiazole rings is 1. The van der Waals surface area contributed by atoms with Crippen molar-refractivity contribution in [3.63, 3.8) is 0 Å². The molecule has 0 amide bonds. The minimum absolute atomic E-state index is 0.265. The van der Waals surface area contributed by atoms with E-state index in [-0.39, 0.29) is 5.06 Å². The van der Waals surface area contributed by atoms with Crippen molar-refractivity contribution < 1.29 is 9.84 Å². The van der Waals surface area contributed by atoms with Crippen molar-refractivity contribution in [3.05, 3.63) is 29.0 Å². The van der Waals surface area contributed by atoms with E-state index in [1.54, 1.807) is 14.0 Å². The third-order valence-corrected chi connectivity index (χ3v) is 3.62. The van der Waals surface area contributed by atoms with Gasteiger partial charge in [-0.1, -0.05) is 17.4 Å². The summed E-state index contributed by atoms with van der Waals surface area (Å²) in [4.78, 5) is 4.36. The van der Waals surface area contributed by atoms with Gasteiger partial charge >= 0.3 is 0 Å². The largest absolute Gasteiger partial charge is 0.498 e. The van der Waals surface area contributed by atoms with Crippen molar-refractivity contribution in [3.8, 4) is 21.4 Å². The smallest absolute Gasteiger partial charge is 0.195 e. The molecule has 0 unspecified atom stereocenters. The van der Waals surface area contributed by atoms with Gasteiger partial charge in [-0.25, -0.2) is 4.98 Å². The summed E-state index contributed by atoms with van der Waals surface area (Å²) in [6.45, 7) is 5.84. The molecule has 0 bridgehead atoms. The van der Waals surface area contributed by atoms with Gasteiger partial charge in [0, 0.05) is 0 Å². The molecular formula is C13H15NO2S. The molecule has 2 aromatic rings. The molecule has 0 saturated carbocycles. The van der Waals surface area contributed by atoms with Crippen LogP contribution < -0.4 is 4.74 Å². The van der Waals surface area contributed by atoms with E-state index in [4.69, 9.17) is 4.74 Å².